The van der Waals surface area contributed by atoms with E-state index in [0.717, 1.165) is 37.0 Å². The Balaban J connectivity index is 2.17. The van der Waals surface area contributed by atoms with Crippen LogP contribution in [0.5, 0.6) is 0 Å². The Hall–Kier alpha value is -1.69. The zero-order valence-corrected chi connectivity index (χ0v) is 12.1. The molecule has 2 aromatic rings. The average Bonchev–Trinajstić information content (AvgIpc) is 2.78. The molecule has 0 bridgehead atoms. The molecule has 3 rings (SSSR count). The lowest BCUT2D eigenvalue weighted by molar-refractivity contribution is 0.0701. The van der Waals surface area contributed by atoms with Gasteiger partial charge in [0.15, 0.2) is 0 Å². The van der Waals surface area contributed by atoms with Crippen LogP contribution in [0.3, 0.4) is 0 Å². The molecule has 1 aliphatic carbocycles. The van der Waals surface area contributed by atoms with Crippen LogP contribution in [0.15, 0.2) is 11.1 Å². The van der Waals surface area contributed by atoms with E-state index in [9.17, 15) is 9.59 Å². The van der Waals surface area contributed by atoms with Gasteiger partial charge < -0.3 is 5.11 Å². The highest BCUT2D eigenvalue weighted by atomic mass is 32.1. The van der Waals surface area contributed by atoms with Crippen molar-refractivity contribution in [3.05, 3.63) is 27.1 Å². The minimum Gasteiger partial charge on any atom is -0.477 e. The van der Waals surface area contributed by atoms with Crippen molar-refractivity contribution in [2.45, 2.75) is 45.1 Å². The Morgan fingerprint density at radius 1 is 1.40 bits per heavy atom. The molecule has 6 heteroatoms. The van der Waals surface area contributed by atoms with Crippen molar-refractivity contribution in [2.75, 3.05) is 0 Å². The normalized spacial score (nSPS) is 16.6. The molecule has 0 saturated heterocycles. The van der Waals surface area contributed by atoms with Gasteiger partial charge in [-0.05, 0) is 25.3 Å². The number of aromatic carboxylic acids is 1. The van der Waals surface area contributed by atoms with Crippen LogP contribution in [-0.4, -0.2) is 20.6 Å². The van der Waals surface area contributed by atoms with Crippen LogP contribution >= 0.6 is 11.3 Å². The van der Waals surface area contributed by atoms with E-state index in [4.69, 9.17) is 5.11 Å². The van der Waals surface area contributed by atoms with E-state index in [1.54, 1.807) is 17.8 Å². The van der Waals surface area contributed by atoms with Crippen molar-refractivity contribution in [2.24, 2.45) is 0 Å². The third-order valence-electron chi connectivity index (χ3n) is 4.04. The minimum absolute atomic E-state index is 0.0943. The van der Waals surface area contributed by atoms with Crippen molar-refractivity contribution in [1.29, 1.82) is 0 Å². The second kappa shape index (κ2) is 5.01. The van der Waals surface area contributed by atoms with Crippen LogP contribution in [0.2, 0.25) is 0 Å². The molecular formula is C14H16N2O3S. The molecule has 2 heterocycles. The van der Waals surface area contributed by atoms with Gasteiger partial charge in [-0.3, -0.25) is 9.36 Å². The molecule has 0 atom stereocenters. The molecule has 0 aromatic carbocycles. The van der Waals surface area contributed by atoms with Crippen LogP contribution in [-0.2, 0) is 0 Å². The first-order valence-corrected chi connectivity index (χ1v) is 7.64. The average molecular weight is 292 g/mol. The highest BCUT2D eigenvalue weighted by Crippen LogP contribution is 2.30. The number of rotatable bonds is 2. The number of nitrogens with zero attached hydrogens (tertiary/aromatic N) is 2. The number of aromatic nitrogens is 2. The van der Waals surface area contributed by atoms with Crippen LogP contribution in [0.25, 0.3) is 10.2 Å². The SMILES string of the molecule is Cc1c(C(=O)O)sc2ncn(C3CCCCC3)c(=O)c12. The molecular weight excluding hydrogens is 276 g/mol. The van der Waals surface area contributed by atoms with Crippen molar-refractivity contribution >= 4 is 27.5 Å². The molecule has 5 nitrogen and oxygen atoms in total. The van der Waals surface area contributed by atoms with Gasteiger partial charge in [-0.25, -0.2) is 9.78 Å². The molecule has 2 aromatic heterocycles. The van der Waals surface area contributed by atoms with Gasteiger partial charge in [-0.2, -0.15) is 0 Å². The lowest BCUT2D eigenvalue weighted by Crippen LogP contribution is -2.26. The number of fused-ring (bicyclic) bond motifs is 1. The van der Waals surface area contributed by atoms with Gasteiger partial charge in [0.1, 0.15) is 9.71 Å². The predicted octanol–water partition coefficient (Wildman–Crippen LogP) is 2.97. The van der Waals surface area contributed by atoms with E-state index < -0.39 is 5.97 Å². The Labute approximate surface area is 119 Å². The Morgan fingerprint density at radius 2 is 2.10 bits per heavy atom. The van der Waals surface area contributed by atoms with E-state index in [0.29, 0.717) is 15.8 Å². The van der Waals surface area contributed by atoms with Gasteiger partial charge in [0.25, 0.3) is 5.56 Å². The van der Waals surface area contributed by atoms with Gasteiger partial charge in [0, 0.05) is 6.04 Å². The van der Waals surface area contributed by atoms with Gasteiger partial charge in [-0.15, -0.1) is 11.3 Å². The number of thiophene rings is 1. The monoisotopic (exact) mass is 292 g/mol. The Bertz CT molecular complexity index is 726. The zero-order chi connectivity index (χ0) is 14.3. The van der Waals surface area contributed by atoms with Gasteiger partial charge in [0.2, 0.25) is 0 Å². The maximum absolute atomic E-state index is 12.6. The summed E-state index contributed by atoms with van der Waals surface area (Å²) >= 11 is 1.08. The number of hydrogen-bond acceptors (Lipinski definition) is 4. The maximum Gasteiger partial charge on any atom is 0.346 e. The molecule has 1 N–H and O–H groups in total. The molecule has 0 spiro atoms. The lowest BCUT2D eigenvalue weighted by atomic mass is 9.95. The number of carbonyl (C=O) groups is 1. The number of carboxylic acid groups (broad SMARTS) is 1. The topological polar surface area (TPSA) is 72.2 Å². The van der Waals surface area contributed by atoms with E-state index in [1.807, 2.05) is 0 Å². The molecule has 1 saturated carbocycles. The third kappa shape index (κ3) is 2.04. The predicted molar refractivity (Wildman–Crippen MR) is 77.7 cm³/mol. The minimum atomic E-state index is -0.992. The van der Waals surface area contributed by atoms with Gasteiger partial charge in [0.05, 0.1) is 11.7 Å². The summed E-state index contributed by atoms with van der Waals surface area (Å²) in [5.41, 5.74) is 0.448. The molecule has 0 radical (unpaired) electrons. The summed E-state index contributed by atoms with van der Waals surface area (Å²) < 4.78 is 1.70. The summed E-state index contributed by atoms with van der Waals surface area (Å²) in [4.78, 5) is 28.8. The lowest BCUT2D eigenvalue weighted by Gasteiger charge is -2.23. The first kappa shape index (κ1) is 13.3. The zero-order valence-electron chi connectivity index (χ0n) is 11.3. The van der Waals surface area contributed by atoms with Crippen molar-refractivity contribution < 1.29 is 9.90 Å². The first-order valence-electron chi connectivity index (χ1n) is 6.83. The fourth-order valence-corrected chi connectivity index (χ4v) is 3.94. The van der Waals surface area contributed by atoms with Crippen LogP contribution in [0, 0.1) is 6.92 Å². The smallest absolute Gasteiger partial charge is 0.346 e. The van der Waals surface area contributed by atoms with Gasteiger partial charge in [-0.1, -0.05) is 19.3 Å². The standard InChI is InChI=1S/C14H16N2O3S/c1-8-10-12(20-11(8)14(18)19)15-7-16(13(10)17)9-5-3-2-4-6-9/h7,9H,2-6H2,1H3,(H,18,19). The van der Waals surface area contributed by atoms with Crippen molar-refractivity contribution in [3.8, 4) is 0 Å². The molecule has 20 heavy (non-hydrogen) atoms. The molecule has 0 amide bonds. The fourth-order valence-electron chi connectivity index (χ4n) is 2.96. The second-order valence-electron chi connectivity index (χ2n) is 5.29. The van der Waals surface area contributed by atoms with E-state index >= 15 is 0 Å². The fraction of sp³-hybridized carbons (Fsp3) is 0.500. The summed E-state index contributed by atoms with van der Waals surface area (Å²) in [6, 6.07) is 0.209. The number of hydrogen-bond donors (Lipinski definition) is 1. The molecule has 0 unspecified atom stereocenters. The van der Waals surface area contributed by atoms with E-state index in [-0.39, 0.29) is 16.5 Å². The number of aryl methyl sites for hydroxylation is 1. The highest BCUT2D eigenvalue weighted by Gasteiger charge is 2.22. The van der Waals surface area contributed by atoms with E-state index in [1.165, 1.54) is 6.42 Å². The van der Waals surface area contributed by atoms with Crippen molar-refractivity contribution in [3.63, 3.8) is 0 Å². The van der Waals surface area contributed by atoms with Gasteiger partial charge >= 0.3 is 5.97 Å². The Morgan fingerprint density at radius 3 is 2.75 bits per heavy atom. The summed E-state index contributed by atoms with van der Waals surface area (Å²) in [7, 11) is 0. The van der Waals surface area contributed by atoms with Crippen LogP contribution in [0.1, 0.15) is 53.4 Å². The first-order chi connectivity index (χ1) is 9.59. The molecule has 1 fully saturated rings. The number of carboxylic acids is 1. The Kier molecular flexibility index (Phi) is 3.33. The van der Waals surface area contributed by atoms with Crippen LogP contribution < -0.4 is 5.56 Å². The molecule has 0 aliphatic heterocycles. The van der Waals surface area contributed by atoms with Crippen LogP contribution in [0.4, 0.5) is 0 Å². The molecule has 106 valence electrons. The summed E-state index contributed by atoms with van der Waals surface area (Å²) in [6.07, 6.45) is 7.09. The summed E-state index contributed by atoms with van der Waals surface area (Å²) in [5, 5.41) is 9.62. The van der Waals surface area contributed by atoms with E-state index in [2.05, 4.69) is 4.98 Å². The highest BCUT2D eigenvalue weighted by molar-refractivity contribution is 7.20. The summed E-state index contributed by atoms with van der Waals surface area (Å²) in [6.45, 7) is 1.69. The summed E-state index contributed by atoms with van der Waals surface area (Å²) in [5.74, 6) is -0.992. The third-order valence-corrected chi connectivity index (χ3v) is 5.23. The quantitative estimate of drug-likeness (QED) is 0.923. The second-order valence-corrected chi connectivity index (χ2v) is 6.29. The van der Waals surface area contributed by atoms with Crippen molar-refractivity contribution in [1.82, 2.24) is 9.55 Å². The maximum atomic E-state index is 12.6. The largest absolute Gasteiger partial charge is 0.477 e. The molecule has 1 aliphatic rings.